The van der Waals surface area contributed by atoms with Crippen molar-refractivity contribution >= 4 is 5.91 Å². The predicted molar refractivity (Wildman–Crippen MR) is 73.4 cm³/mol. The summed E-state index contributed by atoms with van der Waals surface area (Å²) in [7, 11) is 0. The standard InChI is InChI=1S/C15H21NO3/c1-2-3-10-19-14-6-4-12(5-7-14)15(18)16-9-8-13(17)11-16/h4-7,13,17H,2-3,8-11H2,1H3/t13-/m0/s1. The summed E-state index contributed by atoms with van der Waals surface area (Å²) in [6, 6.07) is 7.23. The van der Waals surface area contributed by atoms with E-state index in [1.54, 1.807) is 17.0 Å². The monoisotopic (exact) mass is 263 g/mol. The Morgan fingerprint density at radius 1 is 1.42 bits per heavy atom. The number of amides is 1. The fourth-order valence-electron chi connectivity index (χ4n) is 2.14. The molecule has 1 N–H and O–H groups in total. The quantitative estimate of drug-likeness (QED) is 0.827. The van der Waals surface area contributed by atoms with Crippen molar-refractivity contribution in [3.8, 4) is 5.75 Å². The molecule has 4 heteroatoms. The largest absolute Gasteiger partial charge is 0.494 e. The number of aliphatic hydroxyl groups is 1. The SMILES string of the molecule is CCCCOc1ccc(C(=O)N2CC[C@H](O)C2)cc1. The van der Waals surface area contributed by atoms with Gasteiger partial charge >= 0.3 is 0 Å². The van der Waals surface area contributed by atoms with Crippen LogP contribution in [0, 0.1) is 0 Å². The van der Waals surface area contributed by atoms with Crippen molar-refractivity contribution in [3.05, 3.63) is 29.8 Å². The number of benzene rings is 1. The molecule has 1 aromatic carbocycles. The van der Waals surface area contributed by atoms with E-state index in [1.807, 2.05) is 12.1 Å². The summed E-state index contributed by atoms with van der Waals surface area (Å²) in [5.74, 6) is 0.781. The number of nitrogens with zero attached hydrogens (tertiary/aromatic N) is 1. The van der Waals surface area contributed by atoms with Crippen LogP contribution in [-0.4, -0.2) is 41.7 Å². The van der Waals surface area contributed by atoms with Gasteiger partial charge in [0, 0.05) is 18.7 Å². The molecule has 1 aliphatic heterocycles. The van der Waals surface area contributed by atoms with E-state index in [0.29, 0.717) is 31.7 Å². The van der Waals surface area contributed by atoms with Gasteiger partial charge in [-0.3, -0.25) is 4.79 Å². The van der Waals surface area contributed by atoms with Gasteiger partial charge in [-0.1, -0.05) is 13.3 Å². The highest BCUT2D eigenvalue weighted by Crippen LogP contribution is 2.17. The summed E-state index contributed by atoms with van der Waals surface area (Å²) in [4.78, 5) is 13.8. The molecule has 1 heterocycles. The van der Waals surface area contributed by atoms with E-state index in [-0.39, 0.29) is 12.0 Å². The Morgan fingerprint density at radius 3 is 2.74 bits per heavy atom. The molecule has 1 atom stereocenters. The molecule has 0 aliphatic carbocycles. The third-order valence-corrected chi connectivity index (χ3v) is 3.32. The van der Waals surface area contributed by atoms with Crippen LogP contribution < -0.4 is 4.74 Å². The van der Waals surface area contributed by atoms with Gasteiger partial charge in [-0.2, -0.15) is 0 Å². The van der Waals surface area contributed by atoms with Gasteiger partial charge in [0.15, 0.2) is 0 Å². The van der Waals surface area contributed by atoms with Gasteiger partial charge in [-0.15, -0.1) is 0 Å². The van der Waals surface area contributed by atoms with Crippen LogP contribution in [0.2, 0.25) is 0 Å². The Bertz CT molecular complexity index is 416. The molecule has 2 rings (SSSR count). The number of β-amino-alcohol motifs (C(OH)–C–C–N with tert-alkyl or cyclic N) is 1. The maximum absolute atomic E-state index is 12.1. The van der Waals surface area contributed by atoms with Crippen LogP contribution in [0.25, 0.3) is 0 Å². The molecule has 1 amide bonds. The Kier molecular flexibility index (Phi) is 4.80. The molecule has 1 aliphatic rings. The summed E-state index contributed by atoms with van der Waals surface area (Å²) < 4.78 is 5.56. The van der Waals surface area contributed by atoms with Crippen molar-refractivity contribution in [2.45, 2.75) is 32.3 Å². The maximum atomic E-state index is 12.1. The minimum absolute atomic E-state index is 0.0170. The van der Waals surface area contributed by atoms with Gasteiger partial charge in [0.25, 0.3) is 5.91 Å². The first-order valence-corrected chi connectivity index (χ1v) is 6.91. The minimum atomic E-state index is -0.374. The zero-order valence-electron chi connectivity index (χ0n) is 11.3. The van der Waals surface area contributed by atoms with Crippen LogP contribution in [0.5, 0.6) is 5.75 Å². The highest BCUT2D eigenvalue weighted by atomic mass is 16.5. The second-order valence-electron chi connectivity index (χ2n) is 4.92. The van der Waals surface area contributed by atoms with E-state index in [2.05, 4.69) is 6.92 Å². The zero-order chi connectivity index (χ0) is 13.7. The fraction of sp³-hybridized carbons (Fsp3) is 0.533. The lowest BCUT2D eigenvalue weighted by atomic mass is 10.2. The van der Waals surface area contributed by atoms with E-state index in [1.165, 1.54) is 0 Å². The predicted octanol–water partition coefficient (Wildman–Crippen LogP) is 2.07. The second-order valence-corrected chi connectivity index (χ2v) is 4.92. The molecule has 0 saturated carbocycles. The molecule has 19 heavy (non-hydrogen) atoms. The number of hydrogen-bond acceptors (Lipinski definition) is 3. The summed E-state index contributed by atoms with van der Waals surface area (Å²) in [6.45, 7) is 3.90. The third-order valence-electron chi connectivity index (χ3n) is 3.32. The topological polar surface area (TPSA) is 49.8 Å². The summed E-state index contributed by atoms with van der Waals surface area (Å²) in [5, 5.41) is 9.45. The van der Waals surface area contributed by atoms with E-state index >= 15 is 0 Å². The number of aliphatic hydroxyl groups excluding tert-OH is 1. The van der Waals surface area contributed by atoms with Gasteiger partial charge in [0.2, 0.25) is 0 Å². The maximum Gasteiger partial charge on any atom is 0.253 e. The van der Waals surface area contributed by atoms with Crippen molar-refractivity contribution in [2.75, 3.05) is 19.7 Å². The smallest absolute Gasteiger partial charge is 0.253 e. The fourth-order valence-corrected chi connectivity index (χ4v) is 2.14. The van der Waals surface area contributed by atoms with Gasteiger partial charge in [0.05, 0.1) is 12.7 Å². The van der Waals surface area contributed by atoms with E-state index in [9.17, 15) is 9.90 Å². The van der Waals surface area contributed by atoms with Crippen LogP contribution in [-0.2, 0) is 0 Å². The van der Waals surface area contributed by atoms with Crippen LogP contribution in [0.15, 0.2) is 24.3 Å². The van der Waals surface area contributed by atoms with Crippen molar-refractivity contribution in [2.24, 2.45) is 0 Å². The first-order chi connectivity index (χ1) is 9.20. The Balaban J connectivity index is 1.92. The molecule has 0 bridgehead atoms. The number of rotatable bonds is 5. The van der Waals surface area contributed by atoms with E-state index in [4.69, 9.17) is 4.74 Å². The van der Waals surface area contributed by atoms with Crippen LogP contribution in [0.4, 0.5) is 0 Å². The highest BCUT2D eigenvalue weighted by molar-refractivity contribution is 5.94. The van der Waals surface area contributed by atoms with Gasteiger partial charge in [0.1, 0.15) is 5.75 Å². The first kappa shape index (κ1) is 13.9. The van der Waals surface area contributed by atoms with Crippen molar-refractivity contribution in [1.29, 1.82) is 0 Å². The van der Waals surface area contributed by atoms with Crippen molar-refractivity contribution < 1.29 is 14.6 Å². The van der Waals surface area contributed by atoms with Crippen molar-refractivity contribution in [1.82, 2.24) is 4.90 Å². The van der Waals surface area contributed by atoms with Crippen molar-refractivity contribution in [3.63, 3.8) is 0 Å². The van der Waals surface area contributed by atoms with E-state index < -0.39 is 0 Å². The lowest BCUT2D eigenvalue weighted by Gasteiger charge is -2.15. The lowest BCUT2D eigenvalue weighted by molar-refractivity contribution is 0.0765. The molecule has 4 nitrogen and oxygen atoms in total. The summed E-state index contributed by atoms with van der Waals surface area (Å²) in [5.41, 5.74) is 0.650. The summed E-state index contributed by atoms with van der Waals surface area (Å²) >= 11 is 0. The van der Waals surface area contributed by atoms with Crippen LogP contribution >= 0.6 is 0 Å². The molecule has 0 aromatic heterocycles. The normalized spacial score (nSPS) is 18.6. The van der Waals surface area contributed by atoms with Gasteiger partial charge in [-0.25, -0.2) is 0 Å². The Labute approximate surface area is 114 Å². The molecule has 0 unspecified atom stereocenters. The van der Waals surface area contributed by atoms with Crippen LogP contribution in [0.3, 0.4) is 0 Å². The molecule has 0 spiro atoms. The zero-order valence-corrected chi connectivity index (χ0v) is 11.3. The molecular formula is C15H21NO3. The minimum Gasteiger partial charge on any atom is -0.494 e. The molecule has 1 fully saturated rings. The molecular weight excluding hydrogens is 242 g/mol. The van der Waals surface area contributed by atoms with Gasteiger partial charge in [-0.05, 0) is 37.1 Å². The Hall–Kier alpha value is -1.55. The number of carbonyl (C=O) groups excluding carboxylic acids is 1. The average molecular weight is 263 g/mol. The second kappa shape index (κ2) is 6.57. The number of hydrogen-bond donors (Lipinski definition) is 1. The Morgan fingerprint density at radius 2 is 2.16 bits per heavy atom. The van der Waals surface area contributed by atoms with Crippen LogP contribution in [0.1, 0.15) is 36.5 Å². The van der Waals surface area contributed by atoms with Gasteiger partial charge < -0.3 is 14.7 Å². The third kappa shape index (κ3) is 3.70. The molecule has 0 radical (unpaired) electrons. The summed E-state index contributed by atoms with van der Waals surface area (Å²) in [6.07, 6.45) is 2.44. The lowest BCUT2D eigenvalue weighted by Crippen LogP contribution is -2.29. The average Bonchev–Trinajstić information content (AvgIpc) is 2.86. The first-order valence-electron chi connectivity index (χ1n) is 6.91. The number of carbonyl (C=O) groups is 1. The number of unbranched alkanes of at least 4 members (excludes halogenated alkanes) is 1. The highest BCUT2D eigenvalue weighted by Gasteiger charge is 2.25. The molecule has 104 valence electrons. The number of likely N-dealkylation sites (tertiary alicyclic amines) is 1. The number of ether oxygens (including phenoxy) is 1. The molecule has 1 saturated heterocycles. The van der Waals surface area contributed by atoms with E-state index in [0.717, 1.165) is 18.6 Å². The molecule has 1 aromatic rings.